The zero-order chi connectivity index (χ0) is 19.0. The molecule has 0 radical (unpaired) electrons. The standard InChI is InChI=1S/C16H17N7O4/c1-2-27-16(26)21-11-6-12(18-9-3-4-9)23-13(20-11)8(7-17-23)5-10-14(24)22-15(25)19-10/h5-7,9,24H,2-4H2,1H3,(H,21,26)(H2,19,22,25). The maximum absolute atomic E-state index is 11.7. The van der Waals surface area contributed by atoms with Crippen molar-refractivity contribution in [1.29, 1.82) is 0 Å². The Hall–Kier alpha value is -3.63. The third kappa shape index (κ3) is 3.52. The first-order chi connectivity index (χ1) is 13.0. The highest BCUT2D eigenvalue weighted by atomic mass is 16.5. The summed E-state index contributed by atoms with van der Waals surface area (Å²) in [6.07, 6.45) is 4.45. The highest BCUT2D eigenvalue weighted by molar-refractivity contribution is 5.83. The van der Waals surface area contributed by atoms with E-state index in [1.54, 1.807) is 17.5 Å². The molecule has 1 aliphatic carbocycles. The van der Waals surface area contributed by atoms with Gasteiger partial charge in [0, 0.05) is 11.3 Å². The van der Waals surface area contributed by atoms with Crippen LogP contribution in [-0.4, -0.2) is 48.4 Å². The molecule has 3 aromatic heterocycles. The van der Waals surface area contributed by atoms with Crippen molar-refractivity contribution in [3.8, 4) is 5.88 Å². The van der Waals surface area contributed by atoms with Crippen LogP contribution >= 0.6 is 0 Å². The lowest BCUT2D eigenvalue weighted by Gasteiger charge is -2.05. The number of H-pyrrole nitrogens is 2. The van der Waals surface area contributed by atoms with Gasteiger partial charge in [-0.2, -0.15) is 9.61 Å². The number of hydrogen-bond acceptors (Lipinski definition) is 7. The van der Waals surface area contributed by atoms with Gasteiger partial charge in [0.15, 0.2) is 11.1 Å². The molecular weight excluding hydrogens is 354 g/mol. The Labute approximate surface area is 151 Å². The van der Waals surface area contributed by atoms with Crippen molar-refractivity contribution < 1.29 is 14.6 Å². The number of rotatable bonds is 4. The van der Waals surface area contributed by atoms with Gasteiger partial charge in [-0.15, -0.1) is 0 Å². The van der Waals surface area contributed by atoms with Crippen LogP contribution < -0.4 is 21.7 Å². The van der Waals surface area contributed by atoms with Crippen LogP contribution in [0.15, 0.2) is 22.1 Å². The van der Waals surface area contributed by atoms with E-state index >= 15 is 0 Å². The Morgan fingerprint density at radius 3 is 3.00 bits per heavy atom. The third-order valence-electron chi connectivity index (χ3n) is 3.88. The predicted molar refractivity (Wildman–Crippen MR) is 94.1 cm³/mol. The lowest BCUT2D eigenvalue weighted by Crippen LogP contribution is -2.22. The van der Waals surface area contributed by atoms with E-state index in [-0.39, 0.29) is 30.0 Å². The van der Waals surface area contributed by atoms with Crippen LogP contribution in [0.1, 0.15) is 25.5 Å². The maximum atomic E-state index is 11.7. The predicted octanol–water partition coefficient (Wildman–Crippen LogP) is -0.370. The van der Waals surface area contributed by atoms with E-state index in [0.29, 0.717) is 16.4 Å². The number of aromatic amines is 2. The number of aromatic nitrogens is 5. The topological polar surface area (TPSA) is 150 Å². The van der Waals surface area contributed by atoms with Crippen LogP contribution in [0.2, 0.25) is 0 Å². The molecule has 11 heteroatoms. The van der Waals surface area contributed by atoms with Gasteiger partial charge in [0.2, 0.25) is 5.88 Å². The van der Waals surface area contributed by atoms with Gasteiger partial charge in [0.25, 0.3) is 0 Å². The summed E-state index contributed by atoms with van der Waals surface area (Å²) in [5, 5.41) is 17.1. The Bertz CT molecular complexity index is 1190. The van der Waals surface area contributed by atoms with Crippen molar-refractivity contribution in [3.05, 3.63) is 39.1 Å². The van der Waals surface area contributed by atoms with Gasteiger partial charge >= 0.3 is 11.8 Å². The van der Waals surface area contributed by atoms with Crippen LogP contribution in [-0.2, 0) is 4.74 Å². The molecule has 4 N–H and O–H groups in total. The summed E-state index contributed by atoms with van der Waals surface area (Å²) < 4.78 is 6.43. The summed E-state index contributed by atoms with van der Waals surface area (Å²) in [4.78, 5) is 36.8. The number of imidazole rings is 1. The quantitative estimate of drug-likeness (QED) is 0.491. The van der Waals surface area contributed by atoms with E-state index in [4.69, 9.17) is 4.74 Å². The molecule has 1 amide bonds. The lowest BCUT2D eigenvalue weighted by atomic mass is 10.3. The molecule has 140 valence electrons. The number of anilines is 1. The fraction of sp³-hybridized carbons (Fsp3) is 0.312. The summed E-state index contributed by atoms with van der Waals surface area (Å²) in [6, 6.07) is 1.85. The second-order valence-corrected chi connectivity index (χ2v) is 6.03. The first-order valence-corrected chi connectivity index (χ1v) is 8.43. The van der Waals surface area contributed by atoms with Crippen molar-refractivity contribution in [1.82, 2.24) is 24.6 Å². The fourth-order valence-electron chi connectivity index (χ4n) is 2.53. The summed E-state index contributed by atoms with van der Waals surface area (Å²) in [5.74, 6) is -0.0228. The van der Waals surface area contributed by atoms with Crippen LogP contribution in [0.4, 0.5) is 10.6 Å². The van der Waals surface area contributed by atoms with E-state index < -0.39 is 11.8 Å². The van der Waals surface area contributed by atoms with Crippen molar-refractivity contribution in [2.75, 3.05) is 11.9 Å². The number of carbonyl (C=O) groups is 1. The van der Waals surface area contributed by atoms with E-state index in [0.717, 1.165) is 12.8 Å². The zero-order valence-electron chi connectivity index (χ0n) is 14.4. The molecule has 1 saturated carbocycles. The Morgan fingerprint density at radius 2 is 2.33 bits per heavy atom. The van der Waals surface area contributed by atoms with Gasteiger partial charge in [-0.05, 0) is 25.8 Å². The smallest absolute Gasteiger partial charge is 0.412 e. The second-order valence-electron chi connectivity index (χ2n) is 6.03. The molecule has 0 aliphatic heterocycles. The highest BCUT2D eigenvalue weighted by Crippen LogP contribution is 2.22. The zero-order valence-corrected chi connectivity index (χ0v) is 14.4. The molecule has 0 unspecified atom stereocenters. The van der Waals surface area contributed by atoms with Gasteiger partial charge in [-0.1, -0.05) is 0 Å². The number of aromatic hydroxyl groups is 1. The van der Waals surface area contributed by atoms with Crippen molar-refractivity contribution >= 4 is 23.6 Å². The summed E-state index contributed by atoms with van der Waals surface area (Å²) in [7, 11) is 0. The average Bonchev–Trinajstić information content (AvgIpc) is 3.24. The van der Waals surface area contributed by atoms with Gasteiger partial charge in [-0.3, -0.25) is 15.3 Å². The molecule has 0 aromatic carbocycles. The number of nitrogens with one attached hydrogen (secondary N) is 3. The number of amides is 1. The van der Waals surface area contributed by atoms with Crippen LogP contribution in [0, 0.1) is 0 Å². The van der Waals surface area contributed by atoms with Gasteiger partial charge in [-0.25, -0.2) is 14.6 Å². The van der Waals surface area contributed by atoms with Crippen LogP contribution in [0.25, 0.3) is 11.7 Å². The van der Waals surface area contributed by atoms with Gasteiger partial charge in [0.05, 0.1) is 18.8 Å². The number of fused-ring (bicyclic) bond motifs is 1. The third-order valence-corrected chi connectivity index (χ3v) is 3.88. The SMILES string of the molecule is CCOC(=O)Nc1cc(=NC2CC2)n2ncc(=Cc3[nH]c(=O)[nH]c3O)c2n1. The molecule has 0 atom stereocenters. The highest BCUT2D eigenvalue weighted by Gasteiger charge is 2.20. The summed E-state index contributed by atoms with van der Waals surface area (Å²) in [6.45, 7) is 1.94. The Kier molecular flexibility index (Phi) is 4.11. The average molecular weight is 371 g/mol. The van der Waals surface area contributed by atoms with E-state index in [1.165, 1.54) is 12.3 Å². The van der Waals surface area contributed by atoms with Crippen LogP contribution in [0.3, 0.4) is 0 Å². The molecule has 0 bridgehead atoms. The first-order valence-electron chi connectivity index (χ1n) is 8.43. The molecule has 27 heavy (non-hydrogen) atoms. The Balaban J connectivity index is 1.88. The minimum absolute atomic E-state index is 0.195. The second kappa shape index (κ2) is 6.59. The lowest BCUT2D eigenvalue weighted by molar-refractivity contribution is 0.168. The number of carbonyl (C=O) groups excluding carboxylic acids is 1. The summed E-state index contributed by atoms with van der Waals surface area (Å²) >= 11 is 0. The number of hydrogen-bond donors (Lipinski definition) is 4. The minimum atomic E-state index is -0.621. The van der Waals surface area contributed by atoms with Crippen molar-refractivity contribution in [2.24, 2.45) is 4.99 Å². The largest absolute Gasteiger partial charge is 0.493 e. The molecule has 3 heterocycles. The molecule has 3 aromatic rings. The monoisotopic (exact) mass is 371 g/mol. The fourth-order valence-corrected chi connectivity index (χ4v) is 2.53. The van der Waals surface area contributed by atoms with Gasteiger partial charge < -0.3 is 14.8 Å². The molecule has 0 saturated heterocycles. The molecule has 4 rings (SSSR count). The first kappa shape index (κ1) is 16.8. The van der Waals surface area contributed by atoms with Crippen molar-refractivity contribution in [2.45, 2.75) is 25.8 Å². The molecule has 0 spiro atoms. The number of ether oxygens (including phenoxy) is 1. The maximum Gasteiger partial charge on any atom is 0.412 e. The normalized spacial score (nSPS) is 15.4. The van der Waals surface area contributed by atoms with E-state index in [2.05, 4.69) is 30.4 Å². The summed E-state index contributed by atoms with van der Waals surface area (Å²) in [5.41, 5.74) is 0.615. The molecular formula is C16H17N7O4. The van der Waals surface area contributed by atoms with Crippen molar-refractivity contribution in [3.63, 3.8) is 0 Å². The molecule has 11 nitrogen and oxygen atoms in total. The Morgan fingerprint density at radius 1 is 1.52 bits per heavy atom. The molecule has 1 aliphatic rings. The minimum Gasteiger partial charge on any atom is -0.493 e. The van der Waals surface area contributed by atoms with E-state index in [1.807, 2.05) is 0 Å². The van der Waals surface area contributed by atoms with E-state index in [9.17, 15) is 14.7 Å². The van der Waals surface area contributed by atoms with Gasteiger partial charge in [0.1, 0.15) is 11.5 Å². The molecule has 1 fully saturated rings. The van der Waals surface area contributed by atoms with Crippen LogP contribution in [0.5, 0.6) is 5.88 Å². The number of nitrogens with zero attached hydrogens (tertiary/aromatic N) is 4.